The van der Waals surface area contributed by atoms with Gasteiger partial charge in [0.2, 0.25) is 0 Å². The number of hydrogen-bond acceptors (Lipinski definition) is 5. The van der Waals surface area contributed by atoms with Crippen LogP contribution in [0.15, 0.2) is 12.4 Å². The molecule has 1 amide bonds. The second-order valence-corrected chi connectivity index (χ2v) is 6.74. The molecular formula is C18H29N5O. The van der Waals surface area contributed by atoms with Gasteiger partial charge in [-0.25, -0.2) is 9.97 Å². The Kier molecular flexibility index (Phi) is 5.66. The van der Waals surface area contributed by atoms with Gasteiger partial charge in [-0.15, -0.1) is 0 Å². The van der Waals surface area contributed by atoms with Crippen molar-refractivity contribution in [3.05, 3.63) is 18.1 Å². The van der Waals surface area contributed by atoms with Gasteiger partial charge >= 0.3 is 0 Å². The van der Waals surface area contributed by atoms with E-state index in [1.54, 1.807) is 6.33 Å². The summed E-state index contributed by atoms with van der Waals surface area (Å²) in [6, 6.07) is 2.42. The smallest absolute Gasteiger partial charge is 0.272 e. The average molecular weight is 331 g/mol. The zero-order valence-electron chi connectivity index (χ0n) is 14.9. The quantitative estimate of drug-likeness (QED) is 0.845. The summed E-state index contributed by atoms with van der Waals surface area (Å²) in [5.41, 5.74) is 0.533. The van der Waals surface area contributed by atoms with Gasteiger partial charge in [0.25, 0.3) is 5.91 Å². The van der Waals surface area contributed by atoms with E-state index >= 15 is 0 Å². The molecule has 1 aromatic heterocycles. The molecule has 0 radical (unpaired) electrons. The number of nitrogens with zero attached hydrogens (tertiary/aromatic N) is 5. The van der Waals surface area contributed by atoms with Gasteiger partial charge in [-0.1, -0.05) is 13.8 Å². The maximum absolute atomic E-state index is 12.8. The fraction of sp³-hybridized carbons (Fsp3) is 0.722. The summed E-state index contributed by atoms with van der Waals surface area (Å²) in [7, 11) is 0. The van der Waals surface area contributed by atoms with Gasteiger partial charge in [-0.2, -0.15) is 0 Å². The lowest BCUT2D eigenvalue weighted by Crippen LogP contribution is -2.48. The minimum absolute atomic E-state index is 0.0412. The maximum Gasteiger partial charge on any atom is 0.272 e. The molecule has 1 unspecified atom stereocenters. The number of carbonyl (C=O) groups excluding carboxylic acids is 1. The summed E-state index contributed by atoms with van der Waals surface area (Å²) in [6.07, 6.45) is 6.36. The van der Waals surface area contributed by atoms with Gasteiger partial charge in [0, 0.05) is 44.8 Å². The predicted molar refractivity (Wildman–Crippen MR) is 95.3 cm³/mol. The number of carbonyl (C=O) groups is 1. The number of rotatable bonds is 4. The number of anilines is 1. The van der Waals surface area contributed by atoms with Crippen LogP contribution >= 0.6 is 0 Å². The van der Waals surface area contributed by atoms with E-state index in [9.17, 15) is 4.79 Å². The number of amides is 1. The van der Waals surface area contributed by atoms with Crippen molar-refractivity contribution in [3.8, 4) is 0 Å². The summed E-state index contributed by atoms with van der Waals surface area (Å²) in [5, 5.41) is 0. The van der Waals surface area contributed by atoms with E-state index in [0.717, 1.165) is 51.5 Å². The second-order valence-electron chi connectivity index (χ2n) is 6.74. The Morgan fingerprint density at radius 1 is 1.12 bits per heavy atom. The molecule has 0 bridgehead atoms. The molecule has 2 aliphatic rings. The molecule has 0 aliphatic carbocycles. The standard InChI is InChI=1S/C18H29N5O/c1-3-15-7-5-6-8-23(15)17-13-16(19-14-20-17)18(24)22-11-9-21(4-2)10-12-22/h13-15H,3-12H2,1-2H3. The Hall–Kier alpha value is -1.69. The van der Waals surface area contributed by atoms with Gasteiger partial charge in [0.05, 0.1) is 0 Å². The fourth-order valence-corrected chi connectivity index (χ4v) is 3.78. The molecule has 3 rings (SSSR count). The fourth-order valence-electron chi connectivity index (χ4n) is 3.78. The first-order valence-electron chi connectivity index (χ1n) is 9.33. The molecule has 0 N–H and O–H groups in total. The monoisotopic (exact) mass is 331 g/mol. The van der Waals surface area contributed by atoms with Crippen LogP contribution in [-0.2, 0) is 0 Å². The van der Waals surface area contributed by atoms with Crippen LogP contribution in [0.25, 0.3) is 0 Å². The highest BCUT2D eigenvalue weighted by Gasteiger charge is 2.25. The molecule has 24 heavy (non-hydrogen) atoms. The van der Waals surface area contributed by atoms with Gasteiger partial charge in [-0.05, 0) is 32.2 Å². The molecule has 0 spiro atoms. The Morgan fingerprint density at radius 3 is 2.62 bits per heavy atom. The topological polar surface area (TPSA) is 52.6 Å². The molecule has 6 heteroatoms. The molecule has 3 heterocycles. The van der Waals surface area contributed by atoms with Gasteiger partial charge in [-0.3, -0.25) is 4.79 Å². The molecule has 0 saturated carbocycles. The van der Waals surface area contributed by atoms with E-state index in [1.807, 2.05) is 11.0 Å². The van der Waals surface area contributed by atoms with Crippen LogP contribution in [0.5, 0.6) is 0 Å². The van der Waals surface area contributed by atoms with Crippen LogP contribution in [-0.4, -0.2) is 71.0 Å². The van der Waals surface area contributed by atoms with Crippen molar-refractivity contribution < 1.29 is 4.79 Å². The van der Waals surface area contributed by atoms with Gasteiger partial charge < -0.3 is 14.7 Å². The van der Waals surface area contributed by atoms with E-state index < -0.39 is 0 Å². The summed E-state index contributed by atoms with van der Waals surface area (Å²) < 4.78 is 0. The van der Waals surface area contributed by atoms with Gasteiger partial charge in [0.15, 0.2) is 0 Å². The Labute approximate surface area is 144 Å². The summed E-state index contributed by atoms with van der Waals surface area (Å²) in [6.45, 7) is 9.93. The van der Waals surface area contributed by atoms with Crippen molar-refractivity contribution in [2.45, 2.75) is 45.6 Å². The summed E-state index contributed by atoms with van der Waals surface area (Å²) >= 11 is 0. The Bertz CT molecular complexity index is 556. The van der Waals surface area contributed by atoms with E-state index in [1.165, 1.54) is 19.3 Å². The minimum Gasteiger partial charge on any atom is -0.354 e. The third kappa shape index (κ3) is 3.69. The van der Waals surface area contributed by atoms with Crippen LogP contribution in [0.1, 0.15) is 50.0 Å². The first-order chi connectivity index (χ1) is 11.7. The number of hydrogen-bond donors (Lipinski definition) is 0. The van der Waals surface area contributed by atoms with Crippen molar-refractivity contribution in [2.24, 2.45) is 0 Å². The third-order valence-electron chi connectivity index (χ3n) is 5.37. The van der Waals surface area contributed by atoms with E-state index in [-0.39, 0.29) is 5.91 Å². The van der Waals surface area contributed by atoms with Gasteiger partial charge in [0.1, 0.15) is 17.8 Å². The van der Waals surface area contributed by atoms with Crippen LogP contribution in [0.3, 0.4) is 0 Å². The van der Waals surface area contributed by atoms with Crippen LogP contribution in [0.4, 0.5) is 5.82 Å². The first-order valence-corrected chi connectivity index (χ1v) is 9.33. The third-order valence-corrected chi connectivity index (χ3v) is 5.37. The molecular weight excluding hydrogens is 302 g/mol. The zero-order valence-corrected chi connectivity index (χ0v) is 14.9. The lowest BCUT2D eigenvalue weighted by Gasteiger charge is -2.36. The normalized spacial score (nSPS) is 22.7. The van der Waals surface area contributed by atoms with Crippen LogP contribution in [0.2, 0.25) is 0 Å². The largest absolute Gasteiger partial charge is 0.354 e. The second kappa shape index (κ2) is 7.92. The van der Waals surface area contributed by atoms with Crippen LogP contribution in [0, 0.1) is 0 Å². The molecule has 2 aliphatic heterocycles. The highest BCUT2D eigenvalue weighted by Crippen LogP contribution is 2.25. The maximum atomic E-state index is 12.8. The van der Waals surface area contributed by atoms with E-state index in [0.29, 0.717) is 11.7 Å². The molecule has 1 aromatic rings. The Morgan fingerprint density at radius 2 is 1.92 bits per heavy atom. The predicted octanol–water partition coefficient (Wildman–Crippen LogP) is 2.02. The Balaban J connectivity index is 1.71. The molecule has 0 aromatic carbocycles. The average Bonchev–Trinajstić information content (AvgIpc) is 2.67. The number of likely N-dealkylation sites (N-methyl/N-ethyl adjacent to an activating group) is 1. The summed E-state index contributed by atoms with van der Waals surface area (Å²) in [4.78, 5) is 28.1. The lowest BCUT2D eigenvalue weighted by atomic mass is 10.00. The van der Waals surface area contributed by atoms with Crippen molar-refractivity contribution in [2.75, 3.05) is 44.2 Å². The molecule has 1 atom stereocenters. The number of piperidine rings is 1. The molecule has 132 valence electrons. The van der Waals surface area contributed by atoms with E-state index in [2.05, 4.69) is 33.6 Å². The molecule has 2 saturated heterocycles. The zero-order chi connectivity index (χ0) is 16.9. The highest BCUT2D eigenvalue weighted by molar-refractivity contribution is 5.93. The number of piperazine rings is 1. The molecule has 2 fully saturated rings. The van der Waals surface area contributed by atoms with Crippen molar-refractivity contribution in [1.82, 2.24) is 19.8 Å². The van der Waals surface area contributed by atoms with E-state index in [4.69, 9.17) is 0 Å². The molecule has 6 nitrogen and oxygen atoms in total. The van der Waals surface area contributed by atoms with Crippen molar-refractivity contribution >= 4 is 11.7 Å². The summed E-state index contributed by atoms with van der Waals surface area (Å²) in [5.74, 6) is 0.951. The SMILES string of the molecule is CCC1CCCCN1c1cc(C(=O)N2CCN(CC)CC2)ncn1. The first kappa shape index (κ1) is 17.1. The lowest BCUT2D eigenvalue weighted by molar-refractivity contribution is 0.0637. The highest BCUT2D eigenvalue weighted by atomic mass is 16.2. The number of aromatic nitrogens is 2. The van der Waals surface area contributed by atoms with Crippen LogP contribution < -0.4 is 4.90 Å². The van der Waals surface area contributed by atoms with Crippen molar-refractivity contribution in [3.63, 3.8) is 0 Å². The van der Waals surface area contributed by atoms with Crippen molar-refractivity contribution in [1.29, 1.82) is 0 Å². The minimum atomic E-state index is 0.0412.